The van der Waals surface area contributed by atoms with Crippen molar-refractivity contribution in [2.45, 2.75) is 44.9 Å². The van der Waals surface area contributed by atoms with E-state index in [0.29, 0.717) is 17.9 Å². The van der Waals surface area contributed by atoms with Gasteiger partial charge in [-0.1, -0.05) is 25.1 Å². The molecule has 0 saturated carbocycles. The molecule has 0 bridgehead atoms. The summed E-state index contributed by atoms with van der Waals surface area (Å²) in [6.07, 6.45) is -0.809. The van der Waals surface area contributed by atoms with Crippen LogP contribution >= 0.6 is 0 Å². The number of carbonyl (C=O) groups excluding carboxylic acids is 2. The Hall–Kier alpha value is -3.01. The minimum absolute atomic E-state index is 0. The van der Waals surface area contributed by atoms with Crippen molar-refractivity contribution in [3.63, 3.8) is 0 Å². The summed E-state index contributed by atoms with van der Waals surface area (Å²) >= 11 is 0. The Kier molecular flexibility index (Phi) is 6.37. The molecule has 3 aromatic rings. The van der Waals surface area contributed by atoms with Gasteiger partial charge in [0.2, 0.25) is 5.60 Å². The molecule has 0 aliphatic carbocycles. The summed E-state index contributed by atoms with van der Waals surface area (Å²) in [5.41, 5.74) is 1.17. The fraction of sp³-hybridized carbons (Fsp3) is 0.292. The van der Waals surface area contributed by atoms with Crippen LogP contribution in [0, 0.1) is 0 Å². The van der Waals surface area contributed by atoms with Gasteiger partial charge >= 0.3 is 17.9 Å². The van der Waals surface area contributed by atoms with E-state index >= 15 is 0 Å². The van der Waals surface area contributed by atoms with Crippen LogP contribution in [0.5, 0.6) is 0 Å². The number of nitrogens with zero attached hydrogens (tertiary/aromatic N) is 2. The van der Waals surface area contributed by atoms with Gasteiger partial charge in [-0.2, -0.15) is 0 Å². The molecule has 0 amide bonds. The number of ether oxygens (including phenoxy) is 2. The number of pyridine rings is 2. The molecule has 1 N–H and O–H groups in total. The van der Waals surface area contributed by atoms with E-state index in [1.165, 1.54) is 0 Å². The molecule has 1 atom stereocenters. The van der Waals surface area contributed by atoms with Crippen molar-refractivity contribution >= 4 is 58.4 Å². The van der Waals surface area contributed by atoms with Crippen molar-refractivity contribution < 1.29 is 29.0 Å². The summed E-state index contributed by atoms with van der Waals surface area (Å²) in [5, 5.41) is 9.81. The number of hydrogen-bond acceptors (Lipinski definition) is 7. The Morgan fingerprint density at radius 1 is 1.21 bits per heavy atom. The first-order valence-electron chi connectivity index (χ1n) is 10.6. The van der Waals surface area contributed by atoms with Crippen LogP contribution in [0.2, 0.25) is 0 Å². The van der Waals surface area contributed by atoms with E-state index in [1.54, 1.807) is 17.6 Å². The van der Waals surface area contributed by atoms with Crippen molar-refractivity contribution in [3.05, 3.63) is 63.4 Å². The van der Waals surface area contributed by atoms with Gasteiger partial charge in [-0.25, -0.2) is 9.78 Å². The molecule has 1 aromatic carbocycles. The second-order valence-corrected chi connectivity index (χ2v) is 8.13. The average Bonchev–Trinajstić information content (AvgIpc) is 3.16. The van der Waals surface area contributed by atoms with Crippen LogP contribution in [-0.2, 0) is 42.6 Å². The zero-order valence-electron chi connectivity index (χ0n) is 18.8. The summed E-state index contributed by atoms with van der Waals surface area (Å²) in [6.45, 7) is 1.75. The molecule has 2 aromatic heterocycles. The number of rotatable bonds is 5. The average molecular weight is 471 g/mol. The fourth-order valence-corrected chi connectivity index (χ4v) is 4.54. The SMILES string of the molecule is CC[C@@]1(OC(=O)CCC(=O)O)C(=O)OCc2c1cc1n(c2=O)Cc2cc3ccccc3nc2-1.[Na]. The van der Waals surface area contributed by atoms with Crippen LogP contribution in [-0.4, -0.2) is 62.1 Å². The maximum absolute atomic E-state index is 13.4. The van der Waals surface area contributed by atoms with Crippen LogP contribution in [0.25, 0.3) is 22.3 Å². The number of cyclic esters (lactones) is 1. The normalized spacial score (nSPS) is 17.7. The van der Waals surface area contributed by atoms with E-state index < -0.39 is 36.4 Å². The second-order valence-electron chi connectivity index (χ2n) is 8.13. The summed E-state index contributed by atoms with van der Waals surface area (Å²) < 4.78 is 12.4. The van der Waals surface area contributed by atoms with Gasteiger partial charge in [-0.15, -0.1) is 0 Å². The Balaban J connectivity index is 0.00000274. The van der Waals surface area contributed by atoms with Crippen LogP contribution in [0.1, 0.15) is 42.9 Å². The largest absolute Gasteiger partial charge is 0.481 e. The van der Waals surface area contributed by atoms with Crippen LogP contribution < -0.4 is 5.56 Å². The number of aliphatic carboxylic acids is 1. The maximum Gasteiger partial charge on any atom is 0.355 e. The van der Waals surface area contributed by atoms with Crippen LogP contribution in [0.3, 0.4) is 0 Å². The molecule has 169 valence electrons. The molecule has 0 unspecified atom stereocenters. The zero-order valence-corrected chi connectivity index (χ0v) is 20.8. The van der Waals surface area contributed by atoms with E-state index in [1.807, 2.05) is 30.3 Å². The smallest absolute Gasteiger partial charge is 0.355 e. The van der Waals surface area contributed by atoms with Crippen molar-refractivity contribution in [2.75, 3.05) is 0 Å². The van der Waals surface area contributed by atoms with Gasteiger partial charge in [-0.05, 0) is 24.6 Å². The minimum atomic E-state index is -1.82. The Bertz CT molecular complexity index is 1410. The molecular formula is C24H20N2NaO7. The first-order chi connectivity index (χ1) is 15.8. The number of aromatic nitrogens is 2. The number of carbonyl (C=O) groups is 3. The fourth-order valence-electron chi connectivity index (χ4n) is 4.54. The van der Waals surface area contributed by atoms with Gasteiger partial charge in [0.05, 0.1) is 41.9 Å². The molecule has 34 heavy (non-hydrogen) atoms. The molecule has 9 nitrogen and oxygen atoms in total. The van der Waals surface area contributed by atoms with Gasteiger partial charge in [0.1, 0.15) is 6.61 Å². The minimum Gasteiger partial charge on any atom is -0.481 e. The predicted molar refractivity (Wildman–Crippen MR) is 121 cm³/mol. The number of carboxylic acid groups (broad SMARTS) is 1. The van der Waals surface area contributed by atoms with E-state index in [2.05, 4.69) is 0 Å². The zero-order chi connectivity index (χ0) is 23.3. The summed E-state index contributed by atoms with van der Waals surface area (Å²) in [7, 11) is 0. The van der Waals surface area contributed by atoms with Crippen molar-refractivity contribution in [1.82, 2.24) is 9.55 Å². The van der Waals surface area contributed by atoms with Crippen molar-refractivity contribution in [3.8, 4) is 11.4 Å². The summed E-state index contributed by atoms with van der Waals surface area (Å²) in [6, 6.07) is 11.3. The molecule has 4 heterocycles. The van der Waals surface area contributed by atoms with Crippen LogP contribution in [0.15, 0.2) is 41.2 Å². The van der Waals surface area contributed by atoms with E-state index in [4.69, 9.17) is 19.6 Å². The quantitative estimate of drug-likeness (QED) is 0.347. The molecular weight excluding hydrogens is 451 g/mol. The van der Waals surface area contributed by atoms with E-state index in [9.17, 15) is 19.2 Å². The van der Waals surface area contributed by atoms with Gasteiger partial charge in [0.15, 0.2) is 0 Å². The third-order valence-corrected chi connectivity index (χ3v) is 6.22. The summed E-state index contributed by atoms with van der Waals surface area (Å²) in [5.74, 6) is -2.79. The molecule has 0 fully saturated rings. The topological polar surface area (TPSA) is 125 Å². The number of fused-ring (bicyclic) bond motifs is 5. The van der Waals surface area contributed by atoms with Crippen LogP contribution in [0.4, 0.5) is 0 Å². The van der Waals surface area contributed by atoms with Gasteiger partial charge in [0.25, 0.3) is 5.56 Å². The number of para-hydroxylation sites is 1. The predicted octanol–water partition coefficient (Wildman–Crippen LogP) is 2.11. The summed E-state index contributed by atoms with van der Waals surface area (Å²) in [4.78, 5) is 54.3. The second kappa shape index (κ2) is 8.98. The number of hydrogen-bond donors (Lipinski definition) is 1. The first kappa shape index (κ1) is 24.1. The Labute approximate surface area is 216 Å². The van der Waals surface area contributed by atoms with Gasteiger partial charge in [0, 0.05) is 46.1 Å². The van der Waals surface area contributed by atoms with Gasteiger partial charge in [-0.3, -0.25) is 14.4 Å². The van der Waals surface area contributed by atoms with E-state index in [-0.39, 0.29) is 59.3 Å². The number of esters is 2. The van der Waals surface area contributed by atoms with Crippen molar-refractivity contribution in [2.24, 2.45) is 0 Å². The molecule has 0 spiro atoms. The third kappa shape index (κ3) is 3.73. The van der Waals surface area contributed by atoms with Crippen molar-refractivity contribution in [1.29, 1.82) is 0 Å². The molecule has 0 saturated heterocycles. The molecule has 2 aliphatic rings. The molecule has 5 rings (SSSR count). The molecule has 2 aliphatic heterocycles. The Morgan fingerprint density at radius 2 is 1.97 bits per heavy atom. The monoisotopic (exact) mass is 471 g/mol. The number of benzene rings is 1. The third-order valence-electron chi connectivity index (χ3n) is 6.22. The maximum atomic E-state index is 13.4. The standard InChI is InChI=1S/C24H20N2O7.Na/c1-2-24(33-20(29)8-7-19(27)28)16-10-18-21-14(9-13-5-3-4-6-17(13)25-21)11-26(18)22(30)15(16)12-32-23(24)31;/h3-6,9-10H,2,7-8,11-12H2,1H3,(H,27,28);/t24-;/m0./s1. The molecule has 1 radical (unpaired) electrons. The van der Waals surface area contributed by atoms with E-state index in [0.717, 1.165) is 16.5 Å². The molecule has 10 heteroatoms. The first-order valence-corrected chi connectivity index (χ1v) is 10.6. The van der Waals surface area contributed by atoms with Gasteiger partial charge < -0.3 is 19.1 Å². The number of carboxylic acids is 1. The Morgan fingerprint density at radius 3 is 2.71 bits per heavy atom.